The first-order chi connectivity index (χ1) is 10.1. The zero-order valence-corrected chi connectivity index (χ0v) is 12.5. The predicted molar refractivity (Wildman–Crippen MR) is 86.3 cm³/mol. The fourth-order valence-corrected chi connectivity index (χ4v) is 3.28. The van der Waals surface area contributed by atoms with Crippen molar-refractivity contribution in [2.45, 2.75) is 37.6 Å². The zero-order chi connectivity index (χ0) is 14.9. The van der Waals surface area contributed by atoms with Crippen LogP contribution in [0.3, 0.4) is 0 Å². The zero-order valence-electron chi connectivity index (χ0n) is 11.7. The monoisotopic (exact) mass is 302 g/mol. The smallest absolute Gasteiger partial charge is 0.255 e. The molecule has 2 aromatic rings. The molecular formula is C16H18N2O2S. The summed E-state index contributed by atoms with van der Waals surface area (Å²) < 4.78 is 5.43. The maximum absolute atomic E-state index is 12.6. The van der Waals surface area contributed by atoms with Crippen LogP contribution in [0.2, 0.25) is 0 Å². The van der Waals surface area contributed by atoms with Gasteiger partial charge in [-0.2, -0.15) is 0 Å². The third-order valence-electron chi connectivity index (χ3n) is 4.26. The van der Waals surface area contributed by atoms with Crippen LogP contribution in [0.1, 0.15) is 42.5 Å². The van der Waals surface area contributed by atoms with Crippen molar-refractivity contribution in [2.24, 2.45) is 5.73 Å². The van der Waals surface area contributed by atoms with Gasteiger partial charge in [0.2, 0.25) is 0 Å². The van der Waals surface area contributed by atoms with Crippen molar-refractivity contribution in [3.05, 3.63) is 36.1 Å². The highest BCUT2D eigenvalue weighted by Crippen LogP contribution is 2.30. The molecule has 1 aliphatic rings. The van der Waals surface area contributed by atoms with Gasteiger partial charge in [0.25, 0.3) is 5.91 Å². The predicted octanol–water partition coefficient (Wildman–Crippen LogP) is 3.15. The summed E-state index contributed by atoms with van der Waals surface area (Å²) >= 11 is 5.21. The first kappa shape index (κ1) is 14.1. The minimum Gasteiger partial charge on any atom is -0.463 e. The summed E-state index contributed by atoms with van der Waals surface area (Å²) in [6, 6.07) is 7.49. The number of fused-ring (bicyclic) bond motifs is 1. The number of carbonyl (C=O) groups excluding carboxylic acids is 1. The maximum Gasteiger partial charge on any atom is 0.255 e. The summed E-state index contributed by atoms with van der Waals surface area (Å²) in [6.45, 7) is 0. The molecule has 1 heterocycles. The van der Waals surface area contributed by atoms with Crippen LogP contribution in [0.4, 0.5) is 0 Å². The summed E-state index contributed by atoms with van der Waals surface area (Å²) in [5.41, 5.74) is 6.60. The minimum atomic E-state index is -0.553. The molecule has 1 amide bonds. The highest BCUT2D eigenvalue weighted by molar-refractivity contribution is 7.80. The summed E-state index contributed by atoms with van der Waals surface area (Å²) in [4.78, 5) is 13.0. The number of furan rings is 1. The molecule has 0 spiro atoms. The molecule has 1 aliphatic carbocycles. The van der Waals surface area contributed by atoms with E-state index in [2.05, 4.69) is 5.32 Å². The molecule has 0 unspecified atom stereocenters. The molecule has 110 valence electrons. The Morgan fingerprint density at radius 1 is 1.24 bits per heavy atom. The van der Waals surface area contributed by atoms with Crippen LogP contribution in [0, 0.1) is 0 Å². The normalized spacial score (nSPS) is 17.5. The molecule has 1 saturated carbocycles. The fourth-order valence-electron chi connectivity index (χ4n) is 3.03. The van der Waals surface area contributed by atoms with Crippen LogP contribution >= 0.6 is 12.2 Å². The topological polar surface area (TPSA) is 68.3 Å². The molecule has 3 rings (SSSR count). The Kier molecular flexibility index (Phi) is 3.68. The van der Waals surface area contributed by atoms with Crippen LogP contribution in [-0.4, -0.2) is 16.4 Å². The van der Waals surface area contributed by atoms with Crippen molar-refractivity contribution >= 4 is 34.1 Å². The SMILES string of the molecule is NC(=S)C1(NC(=O)c2coc3ccccc23)CCCCC1. The lowest BCUT2D eigenvalue weighted by molar-refractivity contribution is 0.0909. The second-order valence-corrected chi connectivity index (χ2v) is 6.05. The van der Waals surface area contributed by atoms with E-state index in [9.17, 15) is 4.79 Å². The molecule has 1 fully saturated rings. The molecule has 0 saturated heterocycles. The maximum atomic E-state index is 12.6. The molecular weight excluding hydrogens is 284 g/mol. The largest absolute Gasteiger partial charge is 0.463 e. The third-order valence-corrected chi connectivity index (χ3v) is 4.65. The number of hydrogen-bond acceptors (Lipinski definition) is 3. The van der Waals surface area contributed by atoms with Crippen LogP contribution in [0.25, 0.3) is 11.0 Å². The second-order valence-electron chi connectivity index (χ2n) is 5.61. The molecule has 0 aliphatic heterocycles. The summed E-state index contributed by atoms with van der Waals surface area (Å²) in [6.07, 6.45) is 6.34. The van der Waals surface area contributed by atoms with E-state index in [1.807, 2.05) is 24.3 Å². The number of nitrogens with one attached hydrogen (secondary N) is 1. The molecule has 1 aromatic carbocycles. The molecule has 4 nitrogen and oxygen atoms in total. The van der Waals surface area contributed by atoms with Crippen molar-refractivity contribution in [2.75, 3.05) is 0 Å². The Bertz CT molecular complexity index is 686. The van der Waals surface area contributed by atoms with Gasteiger partial charge in [-0.15, -0.1) is 0 Å². The van der Waals surface area contributed by atoms with Crippen LogP contribution in [-0.2, 0) is 0 Å². The van der Waals surface area contributed by atoms with Gasteiger partial charge in [-0.25, -0.2) is 0 Å². The molecule has 21 heavy (non-hydrogen) atoms. The molecule has 5 heteroatoms. The fraction of sp³-hybridized carbons (Fsp3) is 0.375. The van der Waals surface area contributed by atoms with Crippen molar-refractivity contribution in [3.63, 3.8) is 0 Å². The lowest BCUT2D eigenvalue weighted by Gasteiger charge is -2.37. The highest BCUT2D eigenvalue weighted by atomic mass is 32.1. The average Bonchev–Trinajstić information content (AvgIpc) is 2.92. The number of hydrogen-bond donors (Lipinski definition) is 2. The molecule has 1 aromatic heterocycles. The number of benzene rings is 1. The van der Waals surface area contributed by atoms with E-state index < -0.39 is 5.54 Å². The van der Waals surface area contributed by atoms with Crippen molar-refractivity contribution in [1.29, 1.82) is 0 Å². The Labute approximate surface area is 128 Å². The summed E-state index contributed by atoms with van der Waals surface area (Å²) in [5, 5.41) is 3.87. The van der Waals surface area contributed by atoms with Gasteiger partial charge < -0.3 is 15.5 Å². The van der Waals surface area contributed by atoms with Crippen molar-refractivity contribution < 1.29 is 9.21 Å². The Morgan fingerprint density at radius 3 is 2.67 bits per heavy atom. The number of rotatable bonds is 3. The van der Waals surface area contributed by atoms with Gasteiger partial charge in [0, 0.05) is 5.39 Å². The highest BCUT2D eigenvalue weighted by Gasteiger charge is 2.37. The van der Waals surface area contributed by atoms with Crippen molar-refractivity contribution in [3.8, 4) is 0 Å². The second kappa shape index (κ2) is 5.48. The Balaban J connectivity index is 1.89. The van der Waals surface area contributed by atoms with Gasteiger partial charge in [0.15, 0.2) is 0 Å². The number of nitrogens with two attached hydrogens (primary N) is 1. The molecule has 3 N–H and O–H groups in total. The average molecular weight is 302 g/mol. The van der Waals surface area contributed by atoms with Crippen LogP contribution in [0.5, 0.6) is 0 Å². The number of carbonyl (C=O) groups is 1. The minimum absolute atomic E-state index is 0.172. The molecule has 0 radical (unpaired) electrons. The Morgan fingerprint density at radius 2 is 1.95 bits per heavy atom. The van der Waals surface area contributed by atoms with E-state index in [1.54, 1.807) is 0 Å². The summed E-state index contributed by atoms with van der Waals surface area (Å²) in [7, 11) is 0. The van der Waals surface area contributed by atoms with Gasteiger partial charge in [-0.1, -0.05) is 49.7 Å². The van der Waals surface area contributed by atoms with E-state index in [0.717, 1.165) is 37.5 Å². The van der Waals surface area contributed by atoms with Gasteiger partial charge in [-0.3, -0.25) is 4.79 Å². The third kappa shape index (κ3) is 2.53. The van der Waals surface area contributed by atoms with Gasteiger partial charge >= 0.3 is 0 Å². The summed E-state index contributed by atoms with van der Waals surface area (Å²) in [5.74, 6) is -0.172. The van der Waals surface area contributed by atoms with Gasteiger partial charge in [0.05, 0.1) is 16.1 Å². The van der Waals surface area contributed by atoms with E-state index >= 15 is 0 Å². The van der Waals surface area contributed by atoms with Crippen LogP contribution in [0.15, 0.2) is 34.9 Å². The quantitative estimate of drug-likeness (QED) is 0.855. The molecule has 0 atom stereocenters. The van der Waals surface area contributed by atoms with E-state index in [1.165, 1.54) is 6.26 Å². The van der Waals surface area contributed by atoms with Crippen LogP contribution < -0.4 is 11.1 Å². The van der Waals surface area contributed by atoms with E-state index in [4.69, 9.17) is 22.4 Å². The molecule has 0 bridgehead atoms. The van der Waals surface area contributed by atoms with E-state index in [0.29, 0.717) is 16.1 Å². The number of amides is 1. The first-order valence-electron chi connectivity index (χ1n) is 7.21. The van der Waals surface area contributed by atoms with Crippen molar-refractivity contribution in [1.82, 2.24) is 5.32 Å². The first-order valence-corrected chi connectivity index (χ1v) is 7.62. The number of para-hydroxylation sites is 1. The Hall–Kier alpha value is -1.88. The number of thiocarbonyl (C=S) groups is 1. The van der Waals surface area contributed by atoms with E-state index in [-0.39, 0.29) is 5.91 Å². The van der Waals surface area contributed by atoms with Gasteiger partial charge in [-0.05, 0) is 18.9 Å². The lowest BCUT2D eigenvalue weighted by atomic mass is 9.81. The van der Waals surface area contributed by atoms with Gasteiger partial charge in [0.1, 0.15) is 11.8 Å². The lowest BCUT2D eigenvalue weighted by Crippen LogP contribution is -2.57. The standard InChI is InChI=1S/C16H18N2O2S/c17-15(21)16(8-4-1-5-9-16)18-14(19)12-10-20-13-7-3-2-6-11(12)13/h2-3,6-7,10H,1,4-5,8-9H2,(H2,17,21)(H,18,19).